The Morgan fingerprint density at radius 1 is 1.26 bits per heavy atom. The van der Waals surface area contributed by atoms with E-state index in [0.717, 1.165) is 0 Å². The first-order valence-corrected chi connectivity index (χ1v) is 8.21. The number of sulfonamides is 1. The molecule has 0 aliphatic carbocycles. The fourth-order valence-corrected chi connectivity index (χ4v) is 3.14. The van der Waals surface area contributed by atoms with Crippen LogP contribution in [0.1, 0.15) is 18.1 Å². The summed E-state index contributed by atoms with van der Waals surface area (Å²) in [5.41, 5.74) is -0.904. The highest BCUT2D eigenvalue weighted by atomic mass is 32.2. The first-order valence-electron chi connectivity index (χ1n) is 6.73. The topological polar surface area (TPSA) is 90.2 Å². The molecule has 0 aliphatic heterocycles. The number of aliphatic hydroxyl groups is 1. The van der Waals surface area contributed by atoms with Gasteiger partial charge in [0.25, 0.3) is 0 Å². The molecule has 23 heavy (non-hydrogen) atoms. The standard InChI is InChI=1S/C16H15FN2O3S/c1-16(20,13-5-7-14(17)8-6-13)11-19-23(21,22)15-4-2-3-12(9-15)10-18/h2-9,19-20H,11H2,1H3. The van der Waals surface area contributed by atoms with Crippen LogP contribution in [0, 0.1) is 17.1 Å². The second-order valence-corrected chi connectivity index (χ2v) is 7.01. The van der Waals surface area contributed by atoms with Crippen molar-refractivity contribution in [3.05, 3.63) is 65.5 Å². The summed E-state index contributed by atoms with van der Waals surface area (Å²) in [6.07, 6.45) is 0. The van der Waals surface area contributed by atoms with E-state index in [1.807, 2.05) is 6.07 Å². The van der Waals surface area contributed by atoms with E-state index in [2.05, 4.69) is 4.72 Å². The van der Waals surface area contributed by atoms with Gasteiger partial charge in [-0.15, -0.1) is 0 Å². The second-order valence-electron chi connectivity index (χ2n) is 5.24. The normalized spacial score (nSPS) is 14.0. The van der Waals surface area contributed by atoms with Crippen molar-refractivity contribution in [2.45, 2.75) is 17.4 Å². The van der Waals surface area contributed by atoms with Gasteiger partial charge in [-0.1, -0.05) is 18.2 Å². The van der Waals surface area contributed by atoms with Crippen LogP contribution in [0.15, 0.2) is 53.4 Å². The summed E-state index contributed by atoms with van der Waals surface area (Å²) in [5.74, 6) is -0.446. The number of nitrogens with zero attached hydrogens (tertiary/aromatic N) is 1. The van der Waals surface area contributed by atoms with Crippen molar-refractivity contribution in [3.8, 4) is 6.07 Å². The van der Waals surface area contributed by atoms with E-state index in [1.165, 1.54) is 55.5 Å². The lowest BCUT2D eigenvalue weighted by atomic mass is 9.96. The molecule has 0 spiro atoms. The lowest BCUT2D eigenvalue weighted by Gasteiger charge is -2.24. The summed E-state index contributed by atoms with van der Waals surface area (Å²) in [6, 6.07) is 12.6. The summed E-state index contributed by atoms with van der Waals surface area (Å²) in [6.45, 7) is 1.13. The average molecular weight is 334 g/mol. The molecule has 5 nitrogen and oxygen atoms in total. The Labute approximate surface area is 134 Å². The van der Waals surface area contributed by atoms with Crippen LogP contribution in [-0.2, 0) is 15.6 Å². The van der Waals surface area contributed by atoms with E-state index in [0.29, 0.717) is 5.56 Å². The molecule has 0 saturated heterocycles. The molecule has 0 aromatic heterocycles. The molecule has 2 aromatic rings. The maximum atomic E-state index is 12.9. The lowest BCUT2D eigenvalue weighted by Crippen LogP contribution is -2.38. The van der Waals surface area contributed by atoms with Crippen LogP contribution < -0.4 is 4.72 Å². The summed E-state index contributed by atoms with van der Waals surface area (Å²) in [4.78, 5) is -0.0635. The van der Waals surface area contributed by atoms with Gasteiger partial charge in [0, 0.05) is 6.54 Å². The van der Waals surface area contributed by atoms with Crippen molar-refractivity contribution < 1.29 is 17.9 Å². The number of hydrogen-bond donors (Lipinski definition) is 2. The van der Waals surface area contributed by atoms with Gasteiger partial charge < -0.3 is 5.11 Å². The molecule has 0 bridgehead atoms. The van der Waals surface area contributed by atoms with Crippen molar-refractivity contribution in [2.75, 3.05) is 6.54 Å². The predicted molar refractivity (Wildman–Crippen MR) is 82.3 cm³/mol. The highest BCUT2D eigenvalue weighted by Crippen LogP contribution is 2.21. The van der Waals surface area contributed by atoms with Crippen LogP contribution in [0.2, 0.25) is 0 Å². The Morgan fingerprint density at radius 3 is 2.52 bits per heavy atom. The molecule has 1 atom stereocenters. The third kappa shape index (κ3) is 4.13. The number of benzene rings is 2. The lowest BCUT2D eigenvalue weighted by molar-refractivity contribution is 0.0627. The minimum Gasteiger partial charge on any atom is -0.384 e. The largest absolute Gasteiger partial charge is 0.384 e. The van der Waals surface area contributed by atoms with Crippen LogP contribution in [0.4, 0.5) is 4.39 Å². The zero-order chi connectivity index (χ0) is 17.1. The smallest absolute Gasteiger partial charge is 0.240 e. The highest BCUT2D eigenvalue weighted by Gasteiger charge is 2.26. The van der Waals surface area contributed by atoms with Crippen LogP contribution >= 0.6 is 0 Å². The van der Waals surface area contributed by atoms with Crippen molar-refractivity contribution in [1.29, 1.82) is 5.26 Å². The molecule has 120 valence electrons. The zero-order valence-electron chi connectivity index (χ0n) is 12.3. The van der Waals surface area contributed by atoms with Crippen molar-refractivity contribution in [2.24, 2.45) is 0 Å². The minimum absolute atomic E-state index is 0.0635. The third-order valence-corrected chi connectivity index (χ3v) is 4.74. The van der Waals surface area contributed by atoms with E-state index in [9.17, 15) is 17.9 Å². The van der Waals surface area contributed by atoms with E-state index in [4.69, 9.17) is 5.26 Å². The molecule has 0 fully saturated rings. The van der Waals surface area contributed by atoms with Crippen LogP contribution in [-0.4, -0.2) is 20.1 Å². The van der Waals surface area contributed by atoms with E-state index >= 15 is 0 Å². The number of nitrogens with one attached hydrogen (secondary N) is 1. The van der Waals surface area contributed by atoms with Gasteiger partial charge in [0.2, 0.25) is 10.0 Å². The highest BCUT2D eigenvalue weighted by molar-refractivity contribution is 7.89. The van der Waals surface area contributed by atoms with Crippen LogP contribution in [0.5, 0.6) is 0 Å². The number of nitriles is 1. The average Bonchev–Trinajstić information content (AvgIpc) is 2.54. The Balaban J connectivity index is 2.18. The summed E-state index contributed by atoms with van der Waals surface area (Å²) < 4.78 is 39.7. The van der Waals surface area contributed by atoms with Crippen molar-refractivity contribution >= 4 is 10.0 Å². The third-order valence-electron chi connectivity index (χ3n) is 3.35. The van der Waals surface area contributed by atoms with Gasteiger partial charge in [0.1, 0.15) is 11.4 Å². The molecule has 1 unspecified atom stereocenters. The van der Waals surface area contributed by atoms with Gasteiger partial charge in [0.15, 0.2) is 0 Å². The van der Waals surface area contributed by atoms with Gasteiger partial charge in [-0.25, -0.2) is 17.5 Å². The van der Waals surface area contributed by atoms with E-state index in [-0.39, 0.29) is 17.0 Å². The van der Waals surface area contributed by atoms with Gasteiger partial charge in [0.05, 0.1) is 16.5 Å². The maximum Gasteiger partial charge on any atom is 0.240 e. The summed E-state index contributed by atoms with van der Waals surface area (Å²) in [5, 5.41) is 19.2. The molecule has 0 amide bonds. The Kier molecular flexibility index (Phi) is 4.80. The Morgan fingerprint density at radius 2 is 1.91 bits per heavy atom. The van der Waals surface area contributed by atoms with Gasteiger partial charge in [-0.05, 0) is 42.8 Å². The molecule has 7 heteroatoms. The first-order chi connectivity index (χ1) is 10.7. The summed E-state index contributed by atoms with van der Waals surface area (Å²) >= 11 is 0. The molecule has 0 heterocycles. The van der Waals surface area contributed by atoms with E-state index in [1.54, 1.807) is 0 Å². The van der Waals surface area contributed by atoms with Crippen molar-refractivity contribution in [1.82, 2.24) is 4.72 Å². The molecule has 0 radical (unpaired) electrons. The van der Waals surface area contributed by atoms with Crippen LogP contribution in [0.25, 0.3) is 0 Å². The molecule has 2 rings (SSSR count). The quantitative estimate of drug-likeness (QED) is 0.873. The number of halogens is 1. The minimum atomic E-state index is -3.88. The maximum absolute atomic E-state index is 12.9. The van der Waals surface area contributed by atoms with Crippen molar-refractivity contribution in [3.63, 3.8) is 0 Å². The second kappa shape index (κ2) is 6.46. The van der Waals surface area contributed by atoms with Gasteiger partial charge in [-0.3, -0.25) is 0 Å². The van der Waals surface area contributed by atoms with Crippen LogP contribution in [0.3, 0.4) is 0 Å². The Hall–Kier alpha value is -2.27. The Bertz CT molecular complexity index is 840. The first kappa shape index (κ1) is 17.1. The molecule has 2 aromatic carbocycles. The fourth-order valence-electron chi connectivity index (χ4n) is 1.96. The predicted octanol–water partition coefficient (Wildman–Crippen LogP) is 1.88. The zero-order valence-corrected chi connectivity index (χ0v) is 13.1. The monoisotopic (exact) mass is 334 g/mol. The summed E-state index contributed by atoms with van der Waals surface area (Å²) in [7, 11) is -3.88. The van der Waals surface area contributed by atoms with Gasteiger partial charge in [-0.2, -0.15) is 5.26 Å². The molecule has 0 aliphatic rings. The fraction of sp³-hybridized carbons (Fsp3) is 0.188. The SMILES string of the molecule is CC(O)(CNS(=O)(=O)c1cccc(C#N)c1)c1ccc(F)cc1. The molecular formula is C16H15FN2O3S. The number of hydrogen-bond acceptors (Lipinski definition) is 4. The molecule has 0 saturated carbocycles. The van der Waals surface area contributed by atoms with E-state index < -0.39 is 21.4 Å². The van der Waals surface area contributed by atoms with Gasteiger partial charge >= 0.3 is 0 Å². The molecule has 2 N–H and O–H groups in total. The number of rotatable bonds is 5. The molecular weight excluding hydrogens is 319 g/mol.